The Kier molecular flexibility index (Phi) is 6.26. The molecule has 2 fully saturated rings. The molecule has 2 aliphatic heterocycles. The Balaban J connectivity index is 1.12. The van der Waals surface area contributed by atoms with Crippen molar-refractivity contribution < 1.29 is 24.2 Å². The molecule has 5 rings (SSSR count). The van der Waals surface area contributed by atoms with Crippen LogP contribution in [0.3, 0.4) is 0 Å². The number of carbonyl (C=O) groups is 3. The van der Waals surface area contributed by atoms with Crippen molar-refractivity contribution in [3.8, 4) is 11.1 Å². The normalized spacial score (nSPS) is 23.0. The highest BCUT2D eigenvalue weighted by Gasteiger charge is 2.55. The molecule has 2 N–H and O–H groups in total. The van der Waals surface area contributed by atoms with E-state index in [4.69, 9.17) is 4.74 Å². The molecule has 0 aromatic heterocycles. The second-order valence-corrected chi connectivity index (χ2v) is 10.2. The molecule has 3 aliphatic rings. The summed E-state index contributed by atoms with van der Waals surface area (Å²) in [6, 6.07) is 16.6. The van der Waals surface area contributed by atoms with Gasteiger partial charge in [0.05, 0.1) is 12.0 Å². The van der Waals surface area contributed by atoms with Gasteiger partial charge in [0.15, 0.2) is 0 Å². The molecule has 2 heterocycles. The van der Waals surface area contributed by atoms with Gasteiger partial charge in [0.2, 0.25) is 5.91 Å². The van der Waals surface area contributed by atoms with Gasteiger partial charge in [-0.25, -0.2) is 4.79 Å². The summed E-state index contributed by atoms with van der Waals surface area (Å²) in [5, 5.41) is 12.2. The Hall–Kier alpha value is -3.35. The van der Waals surface area contributed by atoms with Crippen LogP contribution < -0.4 is 5.32 Å². The van der Waals surface area contributed by atoms with E-state index in [0.29, 0.717) is 13.0 Å². The van der Waals surface area contributed by atoms with Gasteiger partial charge < -0.3 is 20.1 Å². The number of nitrogens with zero attached hydrogens (tertiary/aromatic N) is 1. The van der Waals surface area contributed by atoms with E-state index >= 15 is 0 Å². The molecule has 2 aromatic carbocycles. The third-order valence-corrected chi connectivity index (χ3v) is 8.09. The van der Waals surface area contributed by atoms with Gasteiger partial charge in [0.1, 0.15) is 6.61 Å². The molecule has 0 spiro atoms. The van der Waals surface area contributed by atoms with Crippen LogP contribution in [-0.2, 0) is 14.3 Å². The maximum absolute atomic E-state index is 13.2. The number of benzene rings is 2. The molecule has 2 saturated heterocycles. The molecular weight excluding hydrogens is 444 g/mol. The first kappa shape index (κ1) is 23.4. The lowest BCUT2D eigenvalue weighted by Gasteiger charge is -2.35. The van der Waals surface area contributed by atoms with Gasteiger partial charge in [0.25, 0.3) is 0 Å². The number of rotatable bonds is 8. The van der Waals surface area contributed by atoms with E-state index in [9.17, 15) is 19.5 Å². The zero-order chi connectivity index (χ0) is 24.6. The monoisotopic (exact) mass is 476 g/mol. The van der Waals surface area contributed by atoms with E-state index in [2.05, 4.69) is 29.6 Å². The van der Waals surface area contributed by atoms with E-state index in [1.54, 1.807) is 0 Å². The maximum atomic E-state index is 13.2. The number of nitrogens with one attached hydrogen (secondary N) is 1. The second kappa shape index (κ2) is 9.36. The predicted octanol–water partition coefficient (Wildman–Crippen LogP) is 4.55. The largest absolute Gasteiger partial charge is 0.481 e. The molecule has 35 heavy (non-hydrogen) atoms. The Morgan fingerprint density at radius 3 is 2.26 bits per heavy atom. The quantitative estimate of drug-likeness (QED) is 0.583. The average Bonchev–Trinajstić information content (AvgIpc) is 3.48. The van der Waals surface area contributed by atoms with E-state index in [-0.39, 0.29) is 36.8 Å². The first-order valence-electron chi connectivity index (χ1n) is 12.5. The van der Waals surface area contributed by atoms with Gasteiger partial charge in [-0.15, -0.1) is 0 Å². The van der Waals surface area contributed by atoms with Crippen LogP contribution in [0.5, 0.6) is 0 Å². The first-order valence-corrected chi connectivity index (χ1v) is 12.5. The summed E-state index contributed by atoms with van der Waals surface area (Å²) in [5.41, 5.74) is 4.16. The summed E-state index contributed by atoms with van der Waals surface area (Å²) < 4.78 is 5.57. The standard InChI is InChI=1S/C28H32N2O5/c1-18(26(33)30-19-10-13-28(30,14-11-19)16-25(31)32)12-15-29-27(34)35-17-24-22-8-4-2-6-20(22)21-7-3-5-9-23(21)24/h2-9,18-19,24H,10-17H2,1H3,(H,29,34)(H,31,32). The van der Waals surface area contributed by atoms with Crippen LogP contribution in [0.2, 0.25) is 0 Å². The van der Waals surface area contributed by atoms with Crippen LogP contribution in [0.15, 0.2) is 48.5 Å². The molecule has 1 unspecified atom stereocenters. The molecule has 7 heteroatoms. The number of amides is 2. The fourth-order valence-corrected chi connectivity index (χ4v) is 6.38. The highest BCUT2D eigenvalue weighted by molar-refractivity contribution is 5.82. The van der Waals surface area contributed by atoms with E-state index in [1.165, 1.54) is 11.1 Å². The summed E-state index contributed by atoms with van der Waals surface area (Å²) in [5.74, 6) is -1.14. The molecule has 1 atom stereocenters. The number of fused-ring (bicyclic) bond motifs is 5. The lowest BCUT2D eigenvalue weighted by atomic mass is 9.85. The van der Waals surface area contributed by atoms with Crippen molar-refractivity contribution in [3.05, 3.63) is 59.7 Å². The number of carboxylic acid groups (broad SMARTS) is 1. The summed E-state index contributed by atoms with van der Waals surface area (Å²) >= 11 is 0. The highest BCUT2D eigenvalue weighted by Crippen LogP contribution is 2.49. The molecule has 2 amide bonds. The van der Waals surface area contributed by atoms with Crippen molar-refractivity contribution in [3.63, 3.8) is 0 Å². The van der Waals surface area contributed by atoms with Crippen molar-refractivity contribution in [1.29, 1.82) is 0 Å². The van der Waals surface area contributed by atoms with Crippen LogP contribution in [0.25, 0.3) is 11.1 Å². The number of carbonyl (C=O) groups excluding carboxylic acids is 2. The minimum atomic E-state index is -0.852. The summed E-state index contributed by atoms with van der Waals surface area (Å²) in [4.78, 5) is 38.9. The summed E-state index contributed by atoms with van der Waals surface area (Å²) in [6.07, 6.45) is 3.29. The lowest BCUT2D eigenvalue weighted by Crippen LogP contribution is -2.48. The van der Waals surface area contributed by atoms with Gasteiger partial charge >= 0.3 is 12.1 Å². The van der Waals surface area contributed by atoms with Crippen molar-refractivity contribution >= 4 is 18.0 Å². The van der Waals surface area contributed by atoms with Crippen molar-refractivity contribution in [2.45, 2.75) is 62.9 Å². The minimum absolute atomic E-state index is 0.000544. The third-order valence-electron chi connectivity index (χ3n) is 8.09. The Labute approximate surface area is 205 Å². The maximum Gasteiger partial charge on any atom is 0.407 e. The third kappa shape index (κ3) is 4.28. The van der Waals surface area contributed by atoms with E-state index < -0.39 is 17.6 Å². The summed E-state index contributed by atoms with van der Waals surface area (Å²) in [6.45, 7) is 2.43. The SMILES string of the molecule is CC(CCNC(=O)OCC1c2ccccc2-c2ccccc21)C(=O)N1C2CCC1(CC(=O)O)CC2. The van der Waals surface area contributed by atoms with Crippen LogP contribution in [0.1, 0.15) is 62.5 Å². The zero-order valence-corrected chi connectivity index (χ0v) is 20.0. The predicted molar refractivity (Wildman–Crippen MR) is 131 cm³/mol. The molecule has 0 radical (unpaired) electrons. The topological polar surface area (TPSA) is 95.9 Å². The van der Waals surface area contributed by atoms with Gasteiger partial charge in [-0.2, -0.15) is 0 Å². The zero-order valence-electron chi connectivity index (χ0n) is 20.0. The lowest BCUT2D eigenvalue weighted by molar-refractivity contribution is -0.145. The smallest absolute Gasteiger partial charge is 0.407 e. The molecular formula is C28H32N2O5. The molecule has 1 aliphatic carbocycles. The van der Waals surface area contributed by atoms with Gasteiger partial charge in [-0.05, 0) is 54.4 Å². The number of ether oxygens (including phenoxy) is 1. The number of aliphatic carboxylic acids is 1. The number of alkyl carbamates (subject to hydrolysis) is 1. The molecule has 184 valence electrons. The van der Waals surface area contributed by atoms with Crippen LogP contribution >= 0.6 is 0 Å². The van der Waals surface area contributed by atoms with E-state index in [0.717, 1.165) is 36.8 Å². The van der Waals surface area contributed by atoms with Gasteiger partial charge in [-0.1, -0.05) is 55.5 Å². The Morgan fingerprint density at radius 1 is 1.06 bits per heavy atom. The molecule has 2 bridgehead atoms. The summed E-state index contributed by atoms with van der Waals surface area (Å²) in [7, 11) is 0. The van der Waals surface area contributed by atoms with Crippen molar-refractivity contribution in [2.24, 2.45) is 5.92 Å². The number of hydrogen-bond donors (Lipinski definition) is 2. The first-order chi connectivity index (χ1) is 16.9. The van der Waals surface area contributed by atoms with Crippen LogP contribution in [0.4, 0.5) is 4.79 Å². The van der Waals surface area contributed by atoms with Gasteiger partial charge in [-0.3, -0.25) is 9.59 Å². The number of carboxylic acids is 1. The van der Waals surface area contributed by atoms with Crippen molar-refractivity contribution in [2.75, 3.05) is 13.2 Å². The van der Waals surface area contributed by atoms with Crippen molar-refractivity contribution in [1.82, 2.24) is 10.2 Å². The van der Waals surface area contributed by atoms with Gasteiger partial charge in [0, 0.05) is 24.4 Å². The fourth-order valence-electron chi connectivity index (χ4n) is 6.38. The van der Waals surface area contributed by atoms with Crippen LogP contribution in [0, 0.1) is 5.92 Å². The average molecular weight is 477 g/mol. The number of hydrogen-bond acceptors (Lipinski definition) is 4. The van der Waals surface area contributed by atoms with E-state index in [1.807, 2.05) is 36.1 Å². The second-order valence-electron chi connectivity index (χ2n) is 10.2. The minimum Gasteiger partial charge on any atom is -0.481 e. The molecule has 2 aromatic rings. The molecule has 7 nitrogen and oxygen atoms in total. The Morgan fingerprint density at radius 2 is 1.66 bits per heavy atom. The van der Waals surface area contributed by atoms with Crippen LogP contribution in [-0.4, -0.2) is 52.7 Å². The highest BCUT2D eigenvalue weighted by atomic mass is 16.5. The Bertz CT molecular complexity index is 1090. The fraction of sp³-hybridized carbons (Fsp3) is 0.464. The molecule has 0 saturated carbocycles.